The van der Waals surface area contributed by atoms with Crippen molar-refractivity contribution < 1.29 is 13.4 Å². The number of aromatic nitrogens is 2. The Hall–Kier alpha value is -3.41. The monoisotopic (exact) mass is 539 g/mol. The number of nitrogens with zero attached hydrogens (tertiary/aromatic N) is 5. The number of nitrogens with one attached hydrogen (secondary N) is 2. The van der Waals surface area contributed by atoms with Crippen LogP contribution in [-0.2, 0) is 15.8 Å². The lowest BCUT2D eigenvalue weighted by Gasteiger charge is -2.36. The molecular weight excluding hydrogens is 505 g/mol. The fraction of sp³-hybridized carbons (Fsp3) is 0.370. The SMILES string of the molecule is Cc1cc(Nc2ccnc(Nc3ccc(S(=O)N4CCC(N(C)CC(=O)N(C)C)CC4)cc3)n2)ccc1F. The molecule has 1 amide bonds. The second-order valence-corrected chi connectivity index (χ2v) is 11.1. The van der Waals surface area contributed by atoms with Gasteiger partial charge in [-0.2, -0.15) is 4.98 Å². The van der Waals surface area contributed by atoms with Crippen LogP contribution >= 0.6 is 0 Å². The van der Waals surface area contributed by atoms with Gasteiger partial charge in [0.05, 0.1) is 11.4 Å². The van der Waals surface area contributed by atoms with E-state index in [1.807, 2.05) is 35.6 Å². The summed E-state index contributed by atoms with van der Waals surface area (Å²) in [5.41, 5.74) is 2.05. The van der Waals surface area contributed by atoms with E-state index < -0.39 is 11.0 Å². The topological polar surface area (TPSA) is 93.7 Å². The second-order valence-electron chi connectivity index (χ2n) is 9.62. The first kappa shape index (κ1) is 27.6. The molecule has 0 bridgehead atoms. The fourth-order valence-corrected chi connectivity index (χ4v) is 5.43. The molecule has 1 saturated heterocycles. The first-order valence-corrected chi connectivity index (χ1v) is 13.6. The standard InChI is InChI=1S/C27H34FN7O2S/c1-19-17-21(7-10-24(19)28)30-25-11-14-29-27(32-25)31-20-5-8-23(9-6-20)38(37)35-15-12-22(13-16-35)34(4)18-26(36)33(2)3/h5-11,14,17,22H,12-13,15-16,18H2,1-4H3,(H2,29,30,31,32). The third-order valence-corrected chi connectivity index (χ3v) is 8.07. The molecule has 1 unspecified atom stereocenters. The summed E-state index contributed by atoms with van der Waals surface area (Å²) in [5, 5.41) is 6.32. The van der Waals surface area contributed by atoms with Gasteiger partial charge in [0.2, 0.25) is 11.9 Å². The zero-order chi connectivity index (χ0) is 27.2. The van der Waals surface area contributed by atoms with E-state index in [1.165, 1.54) is 6.07 Å². The molecule has 11 heteroatoms. The Morgan fingerprint density at radius 2 is 1.74 bits per heavy atom. The lowest BCUT2D eigenvalue weighted by atomic mass is 10.1. The third kappa shape index (κ3) is 7.12. The van der Waals surface area contributed by atoms with Crippen LogP contribution in [0.1, 0.15) is 18.4 Å². The Morgan fingerprint density at radius 1 is 1.05 bits per heavy atom. The van der Waals surface area contributed by atoms with Crippen molar-refractivity contribution in [3.8, 4) is 0 Å². The van der Waals surface area contributed by atoms with Gasteiger partial charge in [0.15, 0.2) is 0 Å². The molecular formula is C27H34FN7O2S. The summed E-state index contributed by atoms with van der Waals surface area (Å²) in [4.78, 5) is 25.2. The first-order valence-electron chi connectivity index (χ1n) is 12.5. The van der Waals surface area contributed by atoms with Crippen molar-refractivity contribution in [3.63, 3.8) is 0 Å². The average Bonchev–Trinajstić information content (AvgIpc) is 2.91. The van der Waals surface area contributed by atoms with Crippen molar-refractivity contribution in [2.45, 2.75) is 30.7 Å². The van der Waals surface area contributed by atoms with Crippen LogP contribution in [0.15, 0.2) is 59.6 Å². The lowest BCUT2D eigenvalue weighted by Crippen LogP contribution is -2.46. The Morgan fingerprint density at radius 3 is 2.39 bits per heavy atom. The number of carbonyl (C=O) groups excluding carboxylic acids is 1. The molecule has 1 aromatic heterocycles. The number of halogens is 1. The summed E-state index contributed by atoms with van der Waals surface area (Å²) >= 11 is 0. The minimum Gasteiger partial charge on any atom is -0.348 e. The Bertz CT molecular complexity index is 1280. The summed E-state index contributed by atoms with van der Waals surface area (Å²) in [5.74, 6) is 0.812. The maximum atomic E-state index is 13.5. The largest absolute Gasteiger partial charge is 0.348 e. The molecule has 9 nitrogen and oxygen atoms in total. The molecule has 2 N–H and O–H groups in total. The van der Waals surface area contributed by atoms with Crippen molar-refractivity contribution >= 4 is 40.0 Å². The van der Waals surface area contributed by atoms with Crippen LogP contribution in [0.25, 0.3) is 0 Å². The number of benzene rings is 2. The number of aryl methyl sites for hydroxylation is 1. The number of anilines is 4. The normalized spacial score (nSPS) is 15.3. The fourth-order valence-electron chi connectivity index (χ4n) is 4.22. The average molecular weight is 540 g/mol. The maximum absolute atomic E-state index is 13.5. The number of hydrogen-bond acceptors (Lipinski definition) is 7. The van der Waals surface area contributed by atoms with Crippen LogP contribution in [0.5, 0.6) is 0 Å². The lowest BCUT2D eigenvalue weighted by molar-refractivity contribution is -0.130. The van der Waals surface area contributed by atoms with Crippen LogP contribution in [0.3, 0.4) is 0 Å². The molecule has 1 atom stereocenters. The molecule has 0 radical (unpaired) electrons. The van der Waals surface area contributed by atoms with E-state index in [4.69, 9.17) is 0 Å². The molecule has 1 aliphatic rings. The number of rotatable bonds is 9. The van der Waals surface area contributed by atoms with Crippen molar-refractivity contribution in [2.24, 2.45) is 0 Å². The van der Waals surface area contributed by atoms with Crippen LogP contribution in [0.2, 0.25) is 0 Å². The van der Waals surface area contributed by atoms with Gasteiger partial charge in [0.1, 0.15) is 22.6 Å². The van der Waals surface area contributed by atoms with Gasteiger partial charge in [0, 0.05) is 50.8 Å². The highest BCUT2D eigenvalue weighted by Crippen LogP contribution is 2.23. The highest BCUT2D eigenvalue weighted by atomic mass is 32.2. The summed E-state index contributed by atoms with van der Waals surface area (Å²) < 4.78 is 28.7. The van der Waals surface area contributed by atoms with Crippen LogP contribution in [0.4, 0.5) is 27.5 Å². The number of hydrogen-bond donors (Lipinski definition) is 2. The summed E-state index contributed by atoms with van der Waals surface area (Å²) in [6, 6.07) is 14.2. The molecule has 3 aromatic rings. The van der Waals surface area contributed by atoms with Gasteiger partial charge < -0.3 is 15.5 Å². The number of likely N-dealkylation sites (N-methyl/N-ethyl adjacent to an activating group) is 2. The summed E-state index contributed by atoms with van der Waals surface area (Å²) in [7, 11) is 4.25. The third-order valence-electron chi connectivity index (χ3n) is 6.56. The summed E-state index contributed by atoms with van der Waals surface area (Å²) in [6.45, 7) is 3.52. The first-order chi connectivity index (χ1) is 18.2. The summed E-state index contributed by atoms with van der Waals surface area (Å²) in [6.07, 6.45) is 3.36. The molecule has 0 saturated carbocycles. The van der Waals surface area contributed by atoms with E-state index in [9.17, 15) is 13.4 Å². The van der Waals surface area contributed by atoms with Gasteiger partial charge in [0.25, 0.3) is 0 Å². The molecule has 38 heavy (non-hydrogen) atoms. The van der Waals surface area contributed by atoms with Gasteiger partial charge in [-0.05, 0) is 80.9 Å². The zero-order valence-corrected chi connectivity index (χ0v) is 23.0. The molecule has 0 aliphatic carbocycles. The van der Waals surface area contributed by atoms with Crippen LogP contribution < -0.4 is 10.6 Å². The Balaban J connectivity index is 1.31. The Kier molecular flexibility index (Phi) is 9.03. The molecule has 1 fully saturated rings. The predicted octanol–water partition coefficient (Wildman–Crippen LogP) is 3.92. The Labute approximate surface area is 225 Å². The minimum atomic E-state index is -1.26. The molecule has 4 rings (SSSR count). The molecule has 2 aromatic carbocycles. The van der Waals surface area contributed by atoms with Gasteiger partial charge in [-0.25, -0.2) is 17.9 Å². The molecule has 1 aliphatic heterocycles. The van der Waals surface area contributed by atoms with Crippen LogP contribution in [0, 0.1) is 12.7 Å². The van der Waals surface area contributed by atoms with Crippen LogP contribution in [-0.4, -0.2) is 81.0 Å². The second kappa shape index (κ2) is 12.4. The number of piperidine rings is 1. The smallest absolute Gasteiger partial charge is 0.236 e. The van der Waals surface area contributed by atoms with E-state index >= 15 is 0 Å². The maximum Gasteiger partial charge on any atom is 0.236 e. The van der Waals surface area contributed by atoms with Gasteiger partial charge in [-0.1, -0.05) is 0 Å². The van der Waals surface area contributed by atoms with Crippen molar-refractivity contribution in [1.82, 2.24) is 24.1 Å². The van der Waals surface area contributed by atoms with E-state index in [1.54, 1.807) is 50.3 Å². The zero-order valence-electron chi connectivity index (χ0n) is 22.1. The van der Waals surface area contributed by atoms with E-state index in [-0.39, 0.29) is 11.7 Å². The predicted molar refractivity (Wildman–Crippen MR) is 149 cm³/mol. The van der Waals surface area contributed by atoms with E-state index in [0.29, 0.717) is 43.0 Å². The van der Waals surface area contributed by atoms with Gasteiger partial charge in [-0.15, -0.1) is 0 Å². The van der Waals surface area contributed by atoms with Crippen molar-refractivity contribution in [1.29, 1.82) is 0 Å². The van der Waals surface area contributed by atoms with Crippen molar-refractivity contribution in [2.75, 3.05) is 51.4 Å². The number of amides is 1. The number of carbonyl (C=O) groups is 1. The molecule has 202 valence electrons. The highest BCUT2D eigenvalue weighted by molar-refractivity contribution is 7.82. The van der Waals surface area contributed by atoms with E-state index in [0.717, 1.165) is 29.1 Å². The van der Waals surface area contributed by atoms with E-state index in [2.05, 4.69) is 25.5 Å². The minimum absolute atomic E-state index is 0.0866. The quantitative estimate of drug-likeness (QED) is 0.426. The molecule has 2 heterocycles. The van der Waals surface area contributed by atoms with Gasteiger partial charge >= 0.3 is 0 Å². The molecule has 0 spiro atoms. The highest BCUT2D eigenvalue weighted by Gasteiger charge is 2.27. The van der Waals surface area contributed by atoms with Crippen molar-refractivity contribution in [3.05, 3.63) is 66.1 Å². The van der Waals surface area contributed by atoms with Gasteiger partial charge in [-0.3, -0.25) is 9.69 Å².